The van der Waals surface area contributed by atoms with Crippen LogP contribution < -0.4 is 10.6 Å². The number of amides is 2. The molecule has 1 fully saturated rings. The van der Waals surface area contributed by atoms with E-state index in [1.807, 2.05) is 6.92 Å². The van der Waals surface area contributed by atoms with Crippen LogP contribution in [0.1, 0.15) is 13.3 Å². The SMILES string of the molecule is CC1OCCC1NC(=O)NC[C@H](O)C(=O)O. The van der Waals surface area contributed by atoms with Gasteiger partial charge in [-0.2, -0.15) is 0 Å². The third-order valence-electron chi connectivity index (χ3n) is 2.43. The Labute approximate surface area is 92.8 Å². The smallest absolute Gasteiger partial charge is 0.334 e. The molecule has 0 saturated carbocycles. The minimum atomic E-state index is -1.58. The highest BCUT2D eigenvalue weighted by Gasteiger charge is 2.25. The fourth-order valence-electron chi connectivity index (χ4n) is 1.42. The first-order valence-corrected chi connectivity index (χ1v) is 5.07. The normalized spacial score (nSPS) is 26.1. The topological polar surface area (TPSA) is 108 Å². The van der Waals surface area contributed by atoms with E-state index in [4.69, 9.17) is 14.9 Å². The first kappa shape index (κ1) is 12.7. The monoisotopic (exact) mass is 232 g/mol. The van der Waals surface area contributed by atoms with Crippen molar-refractivity contribution in [3.8, 4) is 0 Å². The van der Waals surface area contributed by atoms with Crippen molar-refractivity contribution in [3.63, 3.8) is 0 Å². The van der Waals surface area contributed by atoms with Gasteiger partial charge in [0.05, 0.1) is 18.7 Å². The molecule has 0 aromatic carbocycles. The fourth-order valence-corrected chi connectivity index (χ4v) is 1.42. The van der Waals surface area contributed by atoms with Crippen molar-refractivity contribution in [1.29, 1.82) is 0 Å². The maximum absolute atomic E-state index is 11.3. The zero-order valence-corrected chi connectivity index (χ0v) is 8.97. The number of hydrogen-bond acceptors (Lipinski definition) is 4. The minimum absolute atomic E-state index is 0.0462. The lowest BCUT2D eigenvalue weighted by Gasteiger charge is -2.16. The van der Waals surface area contributed by atoms with Crippen molar-refractivity contribution >= 4 is 12.0 Å². The van der Waals surface area contributed by atoms with E-state index in [1.165, 1.54) is 0 Å². The lowest BCUT2D eigenvalue weighted by molar-refractivity contribution is -0.146. The lowest BCUT2D eigenvalue weighted by atomic mass is 10.2. The van der Waals surface area contributed by atoms with Crippen molar-refractivity contribution in [1.82, 2.24) is 10.6 Å². The van der Waals surface area contributed by atoms with Crippen LogP contribution in [0.15, 0.2) is 0 Å². The molecule has 1 aliphatic rings. The molecule has 7 heteroatoms. The molecule has 0 aromatic rings. The Kier molecular flexibility index (Phi) is 4.51. The molecule has 92 valence electrons. The number of carboxylic acids is 1. The van der Waals surface area contributed by atoms with Crippen LogP contribution in [0.2, 0.25) is 0 Å². The summed E-state index contributed by atoms with van der Waals surface area (Å²) < 4.78 is 5.24. The number of aliphatic hydroxyl groups is 1. The number of carboxylic acid groups (broad SMARTS) is 1. The number of carbonyl (C=O) groups excluding carboxylic acids is 1. The predicted molar refractivity (Wildman–Crippen MR) is 54.0 cm³/mol. The lowest BCUT2D eigenvalue weighted by Crippen LogP contribution is -2.47. The van der Waals surface area contributed by atoms with Crippen molar-refractivity contribution in [2.45, 2.75) is 31.6 Å². The van der Waals surface area contributed by atoms with Crippen LogP contribution >= 0.6 is 0 Å². The van der Waals surface area contributed by atoms with Crippen molar-refractivity contribution < 1.29 is 24.5 Å². The number of rotatable bonds is 4. The zero-order chi connectivity index (χ0) is 12.1. The minimum Gasteiger partial charge on any atom is -0.479 e. The molecule has 2 amide bonds. The van der Waals surface area contributed by atoms with Gasteiger partial charge in [-0.3, -0.25) is 0 Å². The van der Waals surface area contributed by atoms with E-state index in [9.17, 15) is 9.59 Å². The average molecular weight is 232 g/mol. The Balaban J connectivity index is 2.23. The van der Waals surface area contributed by atoms with Gasteiger partial charge in [0.25, 0.3) is 0 Å². The second-order valence-corrected chi connectivity index (χ2v) is 3.68. The molecule has 1 aliphatic heterocycles. The number of aliphatic carboxylic acids is 1. The standard InChI is InChI=1S/C9H16N2O5/c1-5-6(2-3-16-5)11-9(15)10-4-7(12)8(13)14/h5-7,12H,2-4H2,1H3,(H,13,14)(H2,10,11,15)/t5?,6?,7-/m0/s1. The van der Waals surface area contributed by atoms with Gasteiger partial charge in [-0.05, 0) is 13.3 Å². The first-order chi connectivity index (χ1) is 7.50. The molecule has 1 heterocycles. The molecule has 0 bridgehead atoms. The molecular formula is C9H16N2O5. The quantitative estimate of drug-likeness (QED) is 0.492. The van der Waals surface area contributed by atoms with Crippen LogP contribution in [0.3, 0.4) is 0 Å². The summed E-state index contributed by atoms with van der Waals surface area (Å²) in [5.74, 6) is -1.36. The molecule has 3 atom stereocenters. The molecule has 0 spiro atoms. The summed E-state index contributed by atoms with van der Waals surface area (Å²) in [7, 11) is 0. The van der Waals surface area contributed by atoms with Gasteiger partial charge in [-0.15, -0.1) is 0 Å². The van der Waals surface area contributed by atoms with Gasteiger partial charge < -0.3 is 25.6 Å². The summed E-state index contributed by atoms with van der Waals surface area (Å²) in [4.78, 5) is 21.6. The van der Waals surface area contributed by atoms with Crippen LogP contribution in [0, 0.1) is 0 Å². The number of nitrogens with one attached hydrogen (secondary N) is 2. The third kappa shape index (κ3) is 3.67. The summed E-state index contributed by atoms with van der Waals surface area (Å²) in [5.41, 5.74) is 0. The van der Waals surface area contributed by atoms with Gasteiger partial charge >= 0.3 is 12.0 Å². The van der Waals surface area contributed by atoms with E-state index in [2.05, 4.69) is 10.6 Å². The van der Waals surface area contributed by atoms with Gasteiger partial charge in [-0.25, -0.2) is 9.59 Å². The van der Waals surface area contributed by atoms with Crippen molar-refractivity contribution in [3.05, 3.63) is 0 Å². The molecule has 7 nitrogen and oxygen atoms in total. The van der Waals surface area contributed by atoms with Crippen molar-refractivity contribution in [2.75, 3.05) is 13.2 Å². The maximum atomic E-state index is 11.3. The largest absolute Gasteiger partial charge is 0.479 e. The van der Waals surface area contributed by atoms with E-state index >= 15 is 0 Å². The summed E-state index contributed by atoms with van der Waals surface area (Å²) >= 11 is 0. The van der Waals surface area contributed by atoms with Crippen LogP contribution in [0.25, 0.3) is 0 Å². The molecule has 0 aromatic heterocycles. The first-order valence-electron chi connectivity index (χ1n) is 5.07. The Morgan fingerprint density at radius 2 is 2.25 bits per heavy atom. The summed E-state index contributed by atoms with van der Waals surface area (Å²) in [6, 6.07) is -0.565. The fraction of sp³-hybridized carbons (Fsp3) is 0.778. The molecule has 1 rings (SSSR count). The molecule has 0 radical (unpaired) electrons. The maximum Gasteiger partial charge on any atom is 0.334 e. The van der Waals surface area contributed by atoms with E-state index in [1.54, 1.807) is 0 Å². The third-order valence-corrected chi connectivity index (χ3v) is 2.43. The highest BCUT2D eigenvalue weighted by Crippen LogP contribution is 2.11. The van der Waals surface area contributed by atoms with Gasteiger partial charge in [-0.1, -0.05) is 0 Å². The van der Waals surface area contributed by atoms with Crippen LogP contribution in [-0.2, 0) is 9.53 Å². The van der Waals surface area contributed by atoms with E-state index < -0.39 is 18.1 Å². The second-order valence-electron chi connectivity index (χ2n) is 3.68. The Hall–Kier alpha value is -1.34. The summed E-state index contributed by atoms with van der Waals surface area (Å²) in [6.07, 6.45) is -0.895. The molecular weight excluding hydrogens is 216 g/mol. The van der Waals surface area contributed by atoms with Crippen LogP contribution in [-0.4, -0.2) is 53.6 Å². The summed E-state index contributed by atoms with van der Waals surface area (Å²) in [6.45, 7) is 2.14. The highest BCUT2D eigenvalue weighted by molar-refractivity contribution is 5.76. The van der Waals surface area contributed by atoms with Crippen LogP contribution in [0.5, 0.6) is 0 Å². The number of carbonyl (C=O) groups is 2. The number of hydrogen-bond donors (Lipinski definition) is 4. The van der Waals surface area contributed by atoms with E-state index in [-0.39, 0.29) is 18.7 Å². The van der Waals surface area contributed by atoms with Gasteiger partial charge in [0.15, 0.2) is 6.10 Å². The van der Waals surface area contributed by atoms with Crippen molar-refractivity contribution in [2.24, 2.45) is 0 Å². The number of aliphatic hydroxyl groups excluding tert-OH is 1. The molecule has 4 N–H and O–H groups in total. The van der Waals surface area contributed by atoms with Crippen LogP contribution in [0.4, 0.5) is 4.79 Å². The Morgan fingerprint density at radius 3 is 2.75 bits per heavy atom. The van der Waals surface area contributed by atoms with E-state index in [0.29, 0.717) is 6.61 Å². The summed E-state index contributed by atoms with van der Waals surface area (Å²) in [5, 5.41) is 22.2. The average Bonchev–Trinajstić information content (AvgIpc) is 2.60. The number of ether oxygens (including phenoxy) is 1. The van der Waals surface area contributed by atoms with E-state index in [0.717, 1.165) is 6.42 Å². The highest BCUT2D eigenvalue weighted by atomic mass is 16.5. The molecule has 0 aliphatic carbocycles. The van der Waals surface area contributed by atoms with Gasteiger partial charge in [0.1, 0.15) is 0 Å². The Bertz CT molecular complexity index is 271. The van der Waals surface area contributed by atoms with Gasteiger partial charge in [0, 0.05) is 6.61 Å². The zero-order valence-electron chi connectivity index (χ0n) is 8.97. The second kappa shape index (κ2) is 5.66. The molecule has 2 unspecified atom stereocenters. The molecule has 1 saturated heterocycles. The van der Waals surface area contributed by atoms with Gasteiger partial charge in [0.2, 0.25) is 0 Å². The Morgan fingerprint density at radius 1 is 1.56 bits per heavy atom. The molecule has 16 heavy (non-hydrogen) atoms. The number of urea groups is 1. The predicted octanol–water partition coefficient (Wildman–Crippen LogP) is -1.09.